The van der Waals surface area contributed by atoms with Gasteiger partial charge in [0.2, 0.25) is 0 Å². The zero-order valence-electron chi connectivity index (χ0n) is 18.4. The standard InChI is InChI=1S/C28H17NO6/c30-12-2-1-11-29-25(31)17-7-3-13-15-5-9-19-24-20(28(34)35-27(19)33)10-6-16(22(15)24)14-4-8-18(26(29)32)23(17)21(13)14/h3-10,30H,1-2,11-12H2. The Kier molecular flexibility index (Phi) is 3.92. The largest absolute Gasteiger partial charge is 0.396 e. The number of ether oxygens (including phenoxy) is 1. The number of aliphatic hydroxyl groups excluding tert-OH is 1. The molecule has 0 aromatic heterocycles. The first-order chi connectivity index (χ1) is 17.0. The number of fused-ring (bicyclic) bond motifs is 2. The summed E-state index contributed by atoms with van der Waals surface area (Å²) in [4.78, 5) is 52.8. The minimum absolute atomic E-state index is 0.00676. The van der Waals surface area contributed by atoms with Crippen LogP contribution in [0.2, 0.25) is 0 Å². The van der Waals surface area contributed by atoms with E-state index in [-0.39, 0.29) is 25.0 Å². The molecule has 2 heterocycles. The van der Waals surface area contributed by atoms with E-state index >= 15 is 0 Å². The predicted octanol–water partition coefficient (Wildman–Crippen LogP) is 4.42. The Hall–Kier alpha value is -4.36. The second kappa shape index (κ2) is 6.84. The van der Waals surface area contributed by atoms with Gasteiger partial charge < -0.3 is 9.84 Å². The zero-order valence-corrected chi connectivity index (χ0v) is 18.4. The Balaban J connectivity index is 1.59. The number of benzene rings is 5. The molecular formula is C28H17NO6. The second-order valence-electron chi connectivity index (χ2n) is 9.01. The summed E-state index contributed by atoms with van der Waals surface area (Å²) in [6.07, 6.45) is 1.04. The third kappa shape index (κ3) is 2.42. The van der Waals surface area contributed by atoms with Gasteiger partial charge in [-0.15, -0.1) is 0 Å². The second-order valence-corrected chi connectivity index (χ2v) is 9.01. The first kappa shape index (κ1) is 20.1. The number of amides is 2. The lowest BCUT2D eigenvalue weighted by atomic mass is 9.83. The van der Waals surface area contributed by atoms with Crippen LogP contribution in [0.25, 0.3) is 43.1 Å². The summed E-state index contributed by atoms with van der Waals surface area (Å²) >= 11 is 0. The summed E-state index contributed by atoms with van der Waals surface area (Å²) in [6.45, 7) is 0.257. The smallest absolute Gasteiger partial charge is 0.346 e. The number of hydrogen-bond donors (Lipinski definition) is 1. The molecule has 2 amide bonds. The van der Waals surface area contributed by atoms with Crippen molar-refractivity contribution in [1.29, 1.82) is 0 Å². The third-order valence-corrected chi connectivity index (χ3v) is 7.27. The highest BCUT2D eigenvalue weighted by Crippen LogP contribution is 2.45. The molecule has 5 aromatic carbocycles. The van der Waals surface area contributed by atoms with Crippen LogP contribution in [0.4, 0.5) is 0 Å². The number of aliphatic hydroxyl groups is 1. The molecule has 0 aliphatic carbocycles. The zero-order chi connectivity index (χ0) is 24.0. The van der Waals surface area contributed by atoms with Crippen molar-refractivity contribution in [2.24, 2.45) is 0 Å². The number of carbonyl (C=O) groups excluding carboxylic acids is 4. The summed E-state index contributed by atoms with van der Waals surface area (Å²) in [5, 5.41) is 15.3. The van der Waals surface area contributed by atoms with Gasteiger partial charge in [0.1, 0.15) is 0 Å². The van der Waals surface area contributed by atoms with Crippen LogP contribution in [0, 0.1) is 0 Å². The van der Waals surface area contributed by atoms with Gasteiger partial charge in [-0.05, 0) is 69.4 Å². The van der Waals surface area contributed by atoms with Gasteiger partial charge in [-0.2, -0.15) is 0 Å². The van der Waals surface area contributed by atoms with Crippen molar-refractivity contribution >= 4 is 66.8 Å². The SMILES string of the molecule is O=C1OC(=O)c2ccc3c4ccc5c6c(ccc(c7ccc1c2c73)c64)C(=O)N(CCCCO)C5=O. The van der Waals surface area contributed by atoms with Gasteiger partial charge >= 0.3 is 11.9 Å². The quantitative estimate of drug-likeness (QED) is 0.106. The van der Waals surface area contributed by atoms with E-state index in [9.17, 15) is 19.2 Å². The molecular weight excluding hydrogens is 446 g/mol. The van der Waals surface area contributed by atoms with Gasteiger partial charge in [-0.1, -0.05) is 24.3 Å². The molecule has 5 aromatic rings. The first-order valence-corrected chi connectivity index (χ1v) is 11.4. The van der Waals surface area contributed by atoms with Crippen LogP contribution in [0.3, 0.4) is 0 Å². The molecule has 1 N–H and O–H groups in total. The van der Waals surface area contributed by atoms with Crippen LogP contribution in [0.5, 0.6) is 0 Å². The van der Waals surface area contributed by atoms with Crippen molar-refractivity contribution in [3.05, 3.63) is 70.8 Å². The lowest BCUT2D eigenvalue weighted by Gasteiger charge is -2.28. The number of hydrogen-bond acceptors (Lipinski definition) is 6. The van der Waals surface area contributed by atoms with Crippen molar-refractivity contribution in [3.63, 3.8) is 0 Å². The van der Waals surface area contributed by atoms with E-state index in [2.05, 4.69) is 0 Å². The molecule has 0 saturated heterocycles. The van der Waals surface area contributed by atoms with Crippen molar-refractivity contribution in [3.8, 4) is 0 Å². The molecule has 7 nitrogen and oxygen atoms in total. The highest BCUT2D eigenvalue weighted by molar-refractivity contribution is 6.40. The van der Waals surface area contributed by atoms with Gasteiger partial charge in [-0.3, -0.25) is 14.5 Å². The molecule has 2 aliphatic rings. The number of esters is 2. The average Bonchev–Trinajstić information content (AvgIpc) is 2.87. The monoisotopic (exact) mass is 463 g/mol. The fourth-order valence-electron chi connectivity index (χ4n) is 5.75. The highest BCUT2D eigenvalue weighted by Gasteiger charge is 2.35. The van der Waals surface area contributed by atoms with Crippen LogP contribution in [-0.2, 0) is 4.74 Å². The van der Waals surface area contributed by atoms with Gasteiger partial charge in [0.05, 0.1) is 11.1 Å². The topological polar surface area (TPSA) is 101 Å². The minimum Gasteiger partial charge on any atom is -0.396 e. The van der Waals surface area contributed by atoms with E-state index in [1.807, 2.05) is 24.3 Å². The maximum atomic E-state index is 13.3. The van der Waals surface area contributed by atoms with Gasteiger partial charge in [0.15, 0.2) is 0 Å². The summed E-state index contributed by atoms with van der Waals surface area (Å²) in [5.74, 6) is -2.01. The van der Waals surface area contributed by atoms with Crippen molar-refractivity contribution < 1.29 is 29.0 Å². The molecule has 0 spiro atoms. The Bertz CT molecular complexity index is 1700. The third-order valence-electron chi connectivity index (χ3n) is 7.27. The maximum Gasteiger partial charge on any atom is 0.346 e. The van der Waals surface area contributed by atoms with Crippen LogP contribution >= 0.6 is 0 Å². The predicted molar refractivity (Wildman–Crippen MR) is 129 cm³/mol. The normalized spacial score (nSPS) is 15.3. The van der Waals surface area contributed by atoms with Gasteiger partial charge in [-0.25, -0.2) is 9.59 Å². The van der Waals surface area contributed by atoms with Crippen LogP contribution < -0.4 is 0 Å². The lowest BCUT2D eigenvalue weighted by Crippen LogP contribution is -2.41. The Labute approximate surface area is 197 Å². The Morgan fingerprint density at radius 2 is 1.00 bits per heavy atom. The molecule has 0 atom stereocenters. The molecule has 0 fully saturated rings. The van der Waals surface area contributed by atoms with E-state index < -0.39 is 11.9 Å². The van der Waals surface area contributed by atoms with E-state index in [1.165, 1.54) is 4.90 Å². The average molecular weight is 463 g/mol. The summed E-state index contributed by atoms with van der Waals surface area (Å²) < 4.78 is 4.91. The molecule has 170 valence electrons. The van der Waals surface area contributed by atoms with Crippen molar-refractivity contribution in [1.82, 2.24) is 4.90 Å². The number of cyclic esters (lactones) is 2. The number of carbonyl (C=O) groups is 4. The molecule has 35 heavy (non-hydrogen) atoms. The number of imide groups is 1. The molecule has 0 radical (unpaired) electrons. The van der Waals surface area contributed by atoms with Crippen molar-refractivity contribution in [2.75, 3.05) is 13.2 Å². The van der Waals surface area contributed by atoms with E-state index in [0.717, 1.165) is 32.3 Å². The number of unbranched alkanes of at least 4 members (excludes halogenated alkanes) is 1. The molecule has 0 saturated carbocycles. The molecule has 2 aliphatic heterocycles. The van der Waals surface area contributed by atoms with E-state index in [0.29, 0.717) is 45.9 Å². The summed E-state index contributed by atoms with van der Waals surface area (Å²) in [5.41, 5.74) is 1.63. The maximum absolute atomic E-state index is 13.3. The van der Waals surface area contributed by atoms with Crippen LogP contribution in [-0.4, -0.2) is 46.9 Å². The molecule has 0 unspecified atom stereocenters. The van der Waals surface area contributed by atoms with E-state index in [1.54, 1.807) is 24.3 Å². The molecule has 0 bridgehead atoms. The molecule has 7 rings (SSSR count). The summed E-state index contributed by atoms with van der Waals surface area (Å²) in [6, 6.07) is 14.3. The lowest BCUT2D eigenvalue weighted by molar-refractivity contribution is 0.0390. The van der Waals surface area contributed by atoms with Crippen LogP contribution in [0.15, 0.2) is 48.5 Å². The van der Waals surface area contributed by atoms with Crippen molar-refractivity contribution in [2.45, 2.75) is 12.8 Å². The minimum atomic E-state index is -0.667. The van der Waals surface area contributed by atoms with Crippen LogP contribution in [0.1, 0.15) is 54.3 Å². The fourth-order valence-corrected chi connectivity index (χ4v) is 5.75. The van der Waals surface area contributed by atoms with E-state index in [4.69, 9.17) is 9.84 Å². The van der Waals surface area contributed by atoms with Gasteiger partial charge in [0, 0.05) is 35.1 Å². The summed E-state index contributed by atoms with van der Waals surface area (Å²) in [7, 11) is 0. The fraction of sp³-hybridized carbons (Fsp3) is 0.143. The number of nitrogens with zero attached hydrogens (tertiary/aromatic N) is 1. The first-order valence-electron chi connectivity index (χ1n) is 11.4. The number of rotatable bonds is 4. The Morgan fingerprint density at radius 1 is 0.571 bits per heavy atom. The van der Waals surface area contributed by atoms with Gasteiger partial charge in [0.25, 0.3) is 11.8 Å². The Morgan fingerprint density at radius 3 is 1.46 bits per heavy atom. The molecule has 7 heteroatoms. The highest BCUT2D eigenvalue weighted by atomic mass is 16.6.